The average Bonchev–Trinajstić information content (AvgIpc) is 3.29. The fourth-order valence-corrected chi connectivity index (χ4v) is 6.25. The van der Waals surface area contributed by atoms with Gasteiger partial charge in [-0.15, -0.1) is 0 Å². The Morgan fingerprint density at radius 1 is 1.38 bits per heavy atom. The topological polar surface area (TPSA) is 81.5 Å². The Morgan fingerprint density at radius 2 is 2.15 bits per heavy atom. The fourth-order valence-electron chi connectivity index (χ4n) is 3.45. The van der Waals surface area contributed by atoms with Crippen LogP contribution in [0.3, 0.4) is 0 Å². The number of aromatic nitrogens is 2. The predicted molar refractivity (Wildman–Crippen MR) is 101 cm³/mol. The Morgan fingerprint density at radius 3 is 2.77 bits per heavy atom. The highest BCUT2D eigenvalue weighted by Crippen LogP contribution is 2.25. The van der Waals surface area contributed by atoms with E-state index in [1.54, 1.807) is 11.9 Å². The second-order valence-electron chi connectivity index (χ2n) is 7.16. The molecule has 26 heavy (non-hydrogen) atoms. The van der Waals surface area contributed by atoms with E-state index in [0.29, 0.717) is 6.42 Å². The molecule has 9 heteroatoms. The second kappa shape index (κ2) is 7.90. The summed E-state index contributed by atoms with van der Waals surface area (Å²) in [4.78, 5) is 18.7. The first-order valence-electron chi connectivity index (χ1n) is 9.01. The summed E-state index contributed by atoms with van der Waals surface area (Å²) >= 11 is 1.42. The lowest BCUT2D eigenvalue weighted by molar-refractivity contribution is -0.128. The van der Waals surface area contributed by atoms with Crippen molar-refractivity contribution in [3.05, 3.63) is 11.4 Å². The smallest absolute Gasteiger partial charge is 0.233 e. The van der Waals surface area contributed by atoms with Gasteiger partial charge in [0, 0.05) is 25.4 Å². The number of hydrogen-bond acceptors (Lipinski definition) is 6. The summed E-state index contributed by atoms with van der Waals surface area (Å²) in [5, 5.41) is 0.830. The zero-order valence-corrected chi connectivity index (χ0v) is 17.2. The fraction of sp³-hybridized carbons (Fsp3) is 0.765. The van der Waals surface area contributed by atoms with Crippen molar-refractivity contribution < 1.29 is 17.9 Å². The van der Waals surface area contributed by atoms with Gasteiger partial charge in [-0.25, -0.2) is 13.4 Å². The number of carbonyl (C=O) groups excluding carboxylic acids is 1. The van der Waals surface area contributed by atoms with Crippen molar-refractivity contribution in [2.75, 3.05) is 30.9 Å². The molecular weight excluding hydrogens is 374 g/mol. The third-order valence-corrected chi connectivity index (χ3v) is 8.02. The maximum absolute atomic E-state index is 12.5. The Hall–Kier alpha value is -1.06. The molecule has 1 aromatic rings. The predicted octanol–water partition coefficient (Wildman–Crippen LogP) is 1.42. The molecule has 2 fully saturated rings. The van der Waals surface area contributed by atoms with Gasteiger partial charge in [-0.3, -0.25) is 4.79 Å². The highest BCUT2D eigenvalue weighted by molar-refractivity contribution is 7.99. The van der Waals surface area contributed by atoms with E-state index in [9.17, 15) is 13.2 Å². The van der Waals surface area contributed by atoms with Crippen molar-refractivity contribution in [1.29, 1.82) is 0 Å². The highest BCUT2D eigenvalue weighted by Gasteiger charge is 2.32. The standard InChI is InChI=1S/C17H27N3O4S2/c1-12-13(2)20(9-15-5-4-7-24-15)17(18-12)25-10-16(21)19(3)14-6-8-26(22,23)11-14/h14-15H,4-11H2,1-3H3. The summed E-state index contributed by atoms with van der Waals surface area (Å²) in [6, 6.07) is -0.205. The minimum Gasteiger partial charge on any atom is -0.376 e. The zero-order chi connectivity index (χ0) is 18.9. The molecule has 2 saturated heterocycles. The first-order chi connectivity index (χ1) is 12.3. The van der Waals surface area contributed by atoms with E-state index < -0.39 is 9.84 Å². The molecule has 0 bridgehead atoms. The minimum atomic E-state index is -2.99. The molecule has 3 heterocycles. The van der Waals surface area contributed by atoms with Gasteiger partial charge in [0.05, 0.1) is 35.6 Å². The molecule has 0 spiro atoms. The average molecular weight is 402 g/mol. The van der Waals surface area contributed by atoms with E-state index in [1.165, 1.54) is 11.8 Å². The third kappa shape index (κ3) is 4.43. The second-order valence-corrected chi connectivity index (χ2v) is 10.3. The largest absolute Gasteiger partial charge is 0.376 e. The van der Waals surface area contributed by atoms with E-state index in [-0.39, 0.29) is 35.3 Å². The van der Waals surface area contributed by atoms with Crippen molar-refractivity contribution in [2.24, 2.45) is 0 Å². The minimum absolute atomic E-state index is 0.0564. The maximum Gasteiger partial charge on any atom is 0.233 e. The summed E-state index contributed by atoms with van der Waals surface area (Å²) in [5.74, 6) is 0.450. The number of ether oxygens (including phenoxy) is 1. The number of amides is 1. The van der Waals surface area contributed by atoms with Crippen LogP contribution >= 0.6 is 11.8 Å². The number of carbonyl (C=O) groups is 1. The Bertz CT molecular complexity index is 769. The van der Waals surface area contributed by atoms with Crippen LogP contribution in [0.2, 0.25) is 0 Å². The summed E-state index contributed by atoms with van der Waals surface area (Å²) < 4.78 is 31.1. The van der Waals surface area contributed by atoms with Gasteiger partial charge in [0.15, 0.2) is 15.0 Å². The third-order valence-electron chi connectivity index (χ3n) is 5.31. The molecule has 7 nitrogen and oxygen atoms in total. The molecule has 2 aliphatic rings. The normalized spacial score (nSPS) is 24.9. The van der Waals surface area contributed by atoms with E-state index in [0.717, 1.165) is 42.5 Å². The summed E-state index contributed by atoms with van der Waals surface area (Å²) in [6.45, 7) is 5.59. The first-order valence-corrected chi connectivity index (χ1v) is 11.8. The van der Waals surface area contributed by atoms with Gasteiger partial charge in [-0.05, 0) is 33.1 Å². The number of thioether (sulfide) groups is 1. The van der Waals surface area contributed by atoms with Crippen LogP contribution in [0.5, 0.6) is 0 Å². The number of rotatable bonds is 6. The number of aryl methyl sites for hydroxylation is 1. The number of nitrogens with zero attached hydrogens (tertiary/aromatic N) is 3. The summed E-state index contributed by atoms with van der Waals surface area (Å²) in [7, 11) is -1.30. The van der Waals surface area contributed by atoms with E-state index in [4.69, 9.17) is 4.74 Å². The maximum atomic E-state index is 12.5. The van der Waals surface area contributed by atoms with Gasteiger partial charge < -0.3 is 14.2 Å². The van der Waals surface area contributed by atoms with Crippen molar-refractivity contribution in [1.82, 2.24) is 14.5 Å². The van der Waals surface area contributed by atoms with Crippen LogP contribution in [0, 0.1) is 13.8 Å². The van der Waals surface area contributed by atoms with Crippen LogP contribution in [0.1, 0.15) is 30.7 Å². The van der Waals surface area contributed by atoms with Crippen molar-refractivity contribution >= 4 is 27.5 Å². The molecule has 2 unspecified atom stereocenters. The molecular formula is C17H27N3O4S2. The van der Waals surface area contributed by atoms with Crippen LogP contribution in [0.15, 0.2) is 5.16 Å². The lowest BCUT2D eigenvalue weighted by atomic mass is 10.2. The molecule has 0 radical (unpaired) electrons. The molecule has 0 saturated carbocycles. The van der Waals surface area contributed by atoms with E-state index in [1.807, 2.05) is 13.8 Å². The van der Waals surface area contributed by atoms with Crippen molar-refractivity contribution in [2.45, 2.75) is 57.0 Å². The van der Waals surface area contributed by atoms with Crippen molar-refractivity contribution in [3.8, 4) is 0 Å². The highest BCUT2D eigenvalue weighted by atomic mass is 32.2. The quantitative estimate of drug-likeness (QED) is 0.671. The lowest BCUT2D eigenvalue weighted by Crippen LogP contribution is -2.38. The molecule has 3 rings (SSSR count). The SMILES string of the molecule is Cc1nc(SCC(=O)N(C)C2CCS(=O)(=O)C2)n(CC2CCCO2)c1C. The van der Waals surface area contributed by atoms with E-state index >= 15 is 0 Å². The Balaban J connectivity index is 1.62. The Kier molecular flexibility index (Phi) is 5.98. The summed E-state index contributed by atoms with van der Waals surface area (Å²) in [6.07, 6.45) is 2.89. The zero-order valence-electron chi connectivity index (χ0n) is 15.6. The monoisotopic (exact) mass is 401 g/mol. The Labute approximate surface area is 159 Å². The van der Waals surface area contributed by atoms with Gasteiger partial charge in [0.25, 0.3) is 0 Å². The molecule has 2 aliphatic heterocycles. The van der Waals surface area contributed by atoms with Gasteiger partial charge in [0.1, 0.15) is 0 Å². The molecule has 0 aromatic carbocycles. The first kappa shape index (κ1) is 19.7. The van der Waals surface area contributed by atoms with E-state index in [2.05, 4.69) is 9.55 Å². The van der Waals surface area contributed by atoms with Crippen LogP contribution in [0.25, 0.3) is 0 Å². The molecule has 0 N–H and O–H groups in total. The number of imidazole rings is 1. The van der Waals surface area contributed by atoms with Gasteiger partial charge in [-0.1, -0.05) is 11.8 Å². The van der Waals surface area contributed by atoms with Crippen LogP contribution in [0.4, 0.5) is 0 Å². The lowest BCUT2D eigenvalue weighted by Gasteiger charge is -2.23. The molecule has 1 aromatic heterocycles. The molecule has 2 atom stereocenters. The molecule has 146 valence electrons. The number of sulfone groups is 1. The van der Waals surface area contributed by atoms with Gasteiger partial charge in [-0.2, -0.15) is 0 Å². The molecule has 0 aliphatic carbocycles. The van der Waals surface area contributed by atoms with Gasteiger partial charge >= 0.3 is 0 Å². The number of hydrogen-bond donors (Lipinski definition) is 0. The molecule has 1 amide bonds. The van der Waals surface area contributed by atoms with Crippen molar-refractivity contribution in [3.63, 3.8) is 0 Å². The van der Waals surface area contributed by atoms with Crippen LogP contribution in [-0.2, 0) is 25.9 Å². The van der Waals surface area contributed by atoms with Crippen LogP contribution in [-0.4, -0.2) is 71.8 Å². The van der Waals surface area contributed by atoms with Crippen LogP contribution < -0.4 is 0 Å². The summed E-state index contributed by atoms with van der Waals surface area (Å²) in [5.41, 5.74) is 2.07. The van der Waals surface area contributed by atoms with Gasteiger partial charge in [0.2, 0.25) is 5.91 Å².